The van der Waals surface area contributed by atoms with Crippen LogP contribution >= 0.6 is 0 Å². The first kappa shape index (κ1) is 34.0. The van der Waals surface area contributed by atoms with E-state index >= 15 is 0 Å². The van der Waals surface area contributed by atoms with Gasteiger partial charge < -0.3 is 25.0 Å². The maximum atomic E-state index is 13.8. The van der Waals surface area contributed by atoms with Crippen molar-refractivity contribution < 1.29 is 32.2 Å². The van der Waals surface area contributed by atoms with Crippen LogP contribution in [0.1, 0.15) is 39.2 Å². The Bertz CT molecular complexity index is 1520. The molecule has 14 heteroatoms. The van der Waals surface area contributed by atoms with Gasteiger partial charge in [0.1, 0.15) is 23.3 Å². The van der Waals surface area contributed by atoms with E-state index in [9.17, 15) is 27.5 Å². The number of halogens is 1. The van der Waals surface area contributed by atoms with Crippen LogP contribution in [-0.4, -0.2) is 80.2 Å². The maximum Gasteiger partial charge on any atom is 0.414 e. The van der Waals surface area contributed by atoms with Gasteiger partial charge in [0, 0.05) is 40.2 Å². The molecule has 3 rings (SSSR count). The smallest absolute Gasteiger partial charge is 0.414 e. The van der Waals surface area contributed by atoms with Crippen LogP contribution < -0.4 is 19.3 Å². The molecule has 0 saturated heterocycles. The van der Waals surface area contributed by atoms with Crippen molar-refractivity contribution in [1.29, 1.82) is 0 Å². The summed E-state index contributed by atoms with van der Waals surface area (Å²) in [7, 11) is -1.09. The normalized spacial score (nSPS) is 11.9. The fourth-order valence-corrected chi connectivity index (χ4v) is 5.70. The lowest BCUT2D eigenvalue weighted by atomic mass is 10.1. The summed E-state index contributed by atoms with van der Waals surface area (Å²) >= 11 is 0. The average molecular weight is 631 g/mol. The van der Waals surface area contributed by atoms with E-state index in [0.29, 0.717) is 43.2 Å². The van der Waals surface area contributed by atoms with Crippen molar-refractivity contribution in [2.24, 2.45) is 0 Å². The zero-order valence-electron chi connectivity index (χ0n) is 25.5. The van der Waals surface area contributed by atoms with E-state index in [4.69, 9.17) is 4.74 Å². The van der Waals surface area contributed by atoms with E-state index in [1.54, 1.807) is 38.4 Å². The van der Waals surface area contributed by atoms with Gasteiger partial charge in [0.25, 0.3) is 10.0 Å². The molecule has 1 heterocycles. The van der Waals surface area contributed by atoms with E-state index in [1.165, 1.54) is 23.2 Å². The average Bonchev–Trinajstić information content (AvgIpc) is 2.99. The number of amides is 1. The number of carbonyl (C=O) groups is 2. The van der Waals surface area contributed by atoms with Crippen molar-refractivity contribution in [3.8, 4) is 5.75 Å². The van der Waals surface area contributed by atoms with Crippen LogP contribution in [0.15, 0.2) is 59.6 Å². The molecule has 0 radical (unpaired) electrons. The van der Waals surface area contributed by atoms with E-state index in [2.05, 4.69) is 15.3 Å². The third-order valence-electron chi connectivity index (χ3n) is 6.73. The van der Waals surface area contributed by atoms with Gasteiger partial charge in [-0.15, -0.1) is 0 Å². The molecular weight excluding hydrogens is 591 g/mol. The Labute approximate surface area is 257 Å². The zero-order chi connectivity index (χ0) is 32.4. The minimum atomic E-state index is -4.20. The largest absolute Gasteiger partial charge is 0.480 e. The van der Waals surface area contributed by atoms with Crippen LogP contribution in [0.4, 0.5) is 26.6 Å². The van der Waals surface area contributed by atoms with Gasteiger partial charge in [0.15, 0.2) is 5.82 Å². The van der Waals surface area contributed by atoms with E-state index in [0.717, 1.165) is 16.4 Å². The highest BCUT2D eigenvalue weighted by molar-refractivity contribution is 7.92. The van der Waals surface area contributed by atoms with Crippen molar-refractivity contribution in [2.45, 2.75) is 51.0 Å². The fraction of sp³-hybridized carbons (Fsp3) is 0.400. The highest BCUT2D eigenvalue weighted by atomic mass is 32.2. The number of aliphatic carboxylic acids is 1. The number of carboxylic acid groups (broad SMARTS) is 1. The molecule has 1 atom stereocenters. The number of hydrogen-bond donors (Lipinski definition) is 2. The Morgan fingerprint density at radius 1 is 1.02 bits per heavy atom. The summed E-state index contributed by atoms with van der Waals surface area (Å²) < 4.78 is 47.7. The number of hydrogen-bond acceptors (Lipinski definition) is 9. The first-order valence-corrected chi connectivity index (χ1v) is 15.7. The molecule has 3 aromatic rings. The number of sulfonamides is 1. The molecule has 238 valence electrons. The quantitative estimate of drug-likeness (QED) is 0.244. The van der Waals surface area contributed by atoms with Gasteiger partial charge in [0.2, 0.25) is 5.95 Å². The molecule has 2 aromatic carbocycles. The molecule has 0 aliphatic carbocycles. The third kappa shape index (κ3) is 8.56. The molecule has 0 saturated carbocycles. The number of carbonyl (C=O) groups excluding carboxylic acids is 1. The van der Waals surface area contributed by atoms with Gasteiger partial charge in [-0.3, -0.25) is 4.31 Å². The van der Waals surface area contributed by atoms with Crippen LogP contribution in [0.25, 0.3) is 0 Å². The molecule has 0 aliphatic heterocycles. The topological polar surface area (TPSA) is 145 Å². The number of aromatic nitrogens is 2. The number of benzene rings is 2. The summed E-state index contributed by atoms with van der Waals surface area (Å²) in [6, 6.07) is 9.69. The summed E-state index contributed by atoms with van der Waals surface area (Å²) in [5.74, 6) is -1.15. The Hall–Kier alpha value is -4.46. The van der Waals surface area contributed by atoms with Crippen LogP contribution in [-0.2, 0) is 21.2 Å². The summed E-state index contributed by atoms with van der Waals surface area (Å²) in [5, 5.41) is 13.1. The first-order chi connectivity index (χ1) is 20.9. The third-order valence-corrected chi connectivity index (χ3v) is 8.56. The summed E-state index contributed by atoms with van der Waals surface area (Å²) in [5.41, 5.74) is 0.687. The predicted octanol–water partition coefficient (Wildman–Crippen LogP) is 4.63. The minimum Gasteiger partial charge on any atom is -0.480 e. The molecule has 0 spiro atoms. The second kappa shape index (κ2) is 15.3. The van der Waals surface area contributed by atoms with Crippen molar-refractivity contribution >= 4 is 39.5 Å². The second-order valence-electron chi connectivity index (χ2n) is 10.1. The molecular formula is C30H39FN6O6S. The van der Waals surface area contributed by atoms with Crippen LogP contribution in [0.5, 0.6) is 5.75 Å². The van der Waals surface area contributed by atoms with Gasteiger partial charge in [0.05, 0.1) is 11.1 Å². The van der Waals surface area contributed by atoms with Crippen molar-refractivity contribution in [1.82, 2.24) is 14.9 Å². The number of anilines is 3. The van der Waals surface area contributed by atoms with Crippen LogP contribution in [0.2, 0.25) is 0 Å². The van der Waals surface area contributed by atoms with Crippen molar-refractivity contribution in [3.63, 3.8) is 0 Å². The summed E-state index contributed by atoms with van der Waals surface area (Å²) in [6.45, 7) is 6.93. The lowest BCUT2D eigenvalue weighted by Gasteiger charge is -2.28. The zero-order valence-corrected chi connectivity index (χ0v) is 26.3. The molecule has 1 amide bonds. The van der Waals surface area contributed by atoms with Crippen molar-refractivity contribution in [3.05, 3.63) is 66.1 Å². The highest BCUT2D eigenvalue weighted by Crippen LogP contribution is 2.32. The molecule has 0 bridgehead atoms. The molecule has 1 aromatic heterocycles. The number of nitrogens with zero attached hydrogens (tertiary/aromatic N) is 5. The summed E-state index contributed by atoms with van der Waals surface area (Å²) in [4.78, 5) is 36.4. The predicted molar refractivity (Wildman–Crippen MR) is 166 cm³/mol. The number of nitrogens with one attached hydrogen (secondary N) is 1. The van der Waals surface area contributed by atoms with E-state index in [1.807, 2.05) is 25.7 Å². The Kier molecular flexibility index (Phi) is 11.9. The molecule has 12 nitrogen and oxygen atoms in total. The van der Waals surface area contributed by atoms with Gasteiger partial charge >= 0.3 is 12.1 Å². The monoisotopic (exact) mass is 630 g/mol. The Morgan fingerprint density at radius 2 is 1.66 bits per heavy atom. The molecule has 44 heavy (non-hydrogen) atoms. The SMILES string of the molecule is CCCCN(c1cnc(N(CC)CC)nc1NC(Cc1ccc(OC(=O)N(C)C)cc1)C(=O)O)S(=O)(=O)c1ccc(F)cc1. The molecule has 0 fully saturated rings. The highest BCUT2D eigenvalue weighted by Gasteiger charge is 2.30. The number of unbranched alkanes of at least 4 members (excludes halogenated alkanes) is 1. The number of rotatable bonds is 15. The molecule has 0 aliphatic rings. The minimum absolute atomic E-state index is 0.000951. The van der Waals surface area contributed by atoms with Gasteiger partial charge in [-0.25, -0.2) is 27.4 Å². The summed E-state index contributed by atoms with van der Waals surface area (Å²) in [6.07, 6.45) is 1.98. The fourth-order valence-electron chi connectivity index (χ4n) is 4.21. The standard InChI is InChI=1S/C30H39FN6O6S/c1-6-9-18-37(44(41,42)24-16-12-22(31)13-17-24)26-20-32-29(36(7-2)8-3)34-27(26)33-25(28(38)39)19-21-10-14-23(15-11-21)43-30(40)35(4)5/h10-17,20,25H,6-9,18-19H2,1-5H3,(H,38,39)(H,32,33,34). The maximum absolute atomic E-state index is 13.8. The second-order valence-corrected chi connectivity index (χ2v) is 12.0. The van der Waals surface area contributed by atoms with Gasteiger partial charge in [-0.2, -0.15) is 4.98 Å². The lowest BCUT2D eigenvalue weighted by molar-refractivity contribution is -0.137. The van der Waals surface area contributed by atoms with Gasteiger partial charge in [-0.05, 0) is 62.2 Å². The molecule has 1 unspecified atom stereocenters. The Balaban J connectivity index is 2.05. The first-order valence-electron chi connectivity index (χ1n) is 14.3. The number of carboxylic acids is 1. The van der Waals surface area contributed by atoms with Crippen LogP contribution in [0.3, 0.4) is 0 Å². The van der Waals surface area contributed by atoms with Crippen molar-refractivity contribution in [2.75, 3.05) is 48.3 Å². The molecule has 2 N–H and O–H groups in total. The number of ether oxygens (including phenoxy) is 1. The van der Waals surface area contributed by atoms with E-state index in [-0.39, 0.29) is 29.4 Å². The van der Waals surface area contributed by atoms with Crippen LogP contribution in [0, 0.1) is 5.82 Å². The van der Waals surface area contributed by atoms with E-state index < -0.39 is 33.9 Å². The van der Waals surface area contributed by atoms with Gasteiger partial charge in [-0.1, -0.05) is 25.5 Å². The Morgan fingerprint density at radius 3 is 2.20 bits per heavy atom. The lowest BCUT2D eigenvalue weighted by Crippen LogP contribution is -2.36.